The Morgan fingerprint density at radius 3 is 2.58 bits per heavy atom. The van der Waals surface area contributed by atoms with Gasteiger partial charge in [0.1, 0.15) is 0 Å². The van der Waals surface area contributed by atoms with Crippen LogP contribution in [0.25, 0.3) is 0 Å². The van der Waals surface area contributed by atoms with Crippen molar-refractivity contribution in [2.24, 2.45) is 5.92 Å². The standard InChI is InChI=1S/C11H17Cl/c12-11-7-2-1-4-10(8-11)9-5-3-6-9/h8-9,11H,1-7H2. The van der Waals surface area contributed by atoms with E-state index in [9.17, 15) is 0 Å². The number of allylic oxidation sites excluding steroid dienone is 2. The normalized spacial score (nSPS) is 32.1. The summed E-state index contributed by atoms with van der Waals surface area (Å²) in [5.41, 5.74) is 1.68. The van der Waals surface area contributed by atoms with Crippen molar-refractivity contribution in [2.75, 3.05) is 0 Å². The molecule has 0 aromatic carbocycles. The molecular formula is C11H17Cl. The molecule has 0 saturated heterocycles. The first-order valence-corrected chi connectivity index (χ1v) is 5.64. The molecule has 0 amide bonds. The molecule has 0 aliphatic heterocycles. The molecule has 0 radical (unpaired) electrons. The molecule has 1 unspecified atom stereocenters. The fourth-order valence-electron chi connectivity index (χ4n) is 2.19. The molecule has 0 spiro atoms. The summed E-state index contributed by atoms with van der Waals surface area (Å²) in [6.07, 6.45) is 11.8. The van der Waals surface area contributed by atoms with Gasteiger partial charge in [0.05, 0.1) is 5.38 Å². The summed E-state index contributed by atoms with van der Waals surface area (Å²) in [5.74, 6) is 0.921. The lowest BCUT2D eigenvalue weighted by Gasteiger charge is -2.28. The molecule has 0 nitrogen and oxygen atoms in total. The molecule has 1 heteroatoms. The van der Waals surface area contributed by atoms with Crippen molar-refractivity contribution in [1.82, 2.24) is 0 Å². The first-order valence-electron chi connectivity index (χ1n) is 5.21. The number of hydrogen-bond acceptors (Lipinski definition) is 0. The van der Waals surface area contributed by atoms with E-state index in [4.69, 9.17) is 11.6 Å². The zero-order chi connectivity index (χ0) is 8.39. The lowest BCUT2D eigenvalue weighted by Crippen LogP contribution is -2.14. The minimum Gasteiger partial charge on any atom is -0.118 e. The maximum absolute atomic E-state index is 6.16. The van der Waals surface area contributed by atoms with E-state index in [-0.39, 0.29) is 0 Å². The maximum Gasteiger partial charge on any atom is 0.0518 e. The van der Waals surface area contributed by atoms with Gasteiger partial charge in [0.15, 0.2) is 0 Å². The van der Waals surface area contributed by atoms with Crippen LogP contribution in [0.3, 0.4) is 0 Å². The summed E-state index contributed by atoms with van der Waals surface area (Å²) in [6.45, 7) is 0. The summed E-state index contributed by atoms with van der Waals surface area (Å²) in [7, 11) is 0. The lowest BCUT2D eigenvalue weighted by atomic mass is 9.78. The van der Waals surface area contributed by atoms with Gasteiger partial charge in [0, 0.05) is 0 Å². The second kappa shape index (κ2) is 3.83. The third-order valence-electron chi connectivity index (χ3n) is 3.22. The van der Waals surface area contributed by atoms with Gasteiger partial charge in [0.25, 0.3) is 0 Å². The van der Waals surface area contributed by atoms with Gasteiger partial charge in [-0.1, -0.05) is 24.5 Å². The second-order valence-electron chi connectivity index (χ2n) is 4.13. The van der Waals surface area contributed by atoms with Crippen molar-refractivity contribution < 1.29 is 0 Å². The Hall–Kier alpha value is 0.0300. The number of alkyl halides is 1. The highest BCUT2D eigenvalue weighted by Crippen LogP contribution is 2.37. The van der Waals surface area contributed by atoms with E-state index < -0.39 is 0 Å². The quantitative estimate of drug-likeness (QED) is 0.429. The van der Waals surface area contributed by atoms with Crippen LogP contribution in [0.2, 0.25) is 0 Å². The van der Waals surface area contributed by atoms with Crippen molar-refractivity contribution in [1.29, 1.82) is 0 Å². The Kier molecular flexibility index (Phi) is 2.75. The molecule has 0 heterocycles. The fourth-order valence-corrected chi connectivity index (χ4v) is 2.50. The SMILES string of the molecule is ClC1C=C(C2CCC2)CCCC1. The first kappa shape index (κ1) is 8.62. The molecule has 0 bridgehead atoms. The van der Waals surface area contributed by atoms with Gasteiger partial charge in [-0.3, -0.25) is 0 Å². The van der Waals surface area contributed by atoms with E-state index in [1.54, 1.807) is 5.57 Å². The average Bonchev–Trinajstić information content (AvgIpc) is 2.10. The molecule has 1 saturated carbocycles. The van der Waals surface area contributed by atoms with Crippen LogP contribution in [-0.4, -0.2) is 5.38 Å². The minimum atomic E-state index is 0.336. The summed E-state index contributed by atoms with van der Waals surface area (Å²) >= 11 is 6.16. The van der Waals surface area contributed by atoms with Gasteiger partial charge < -0.3 is 0 Å². The van der Waals surface area contributed by atoms with Crippen LogP contribution in [0.15, 0.2) is 11.6 Å². The minimum absolute atomic E-state index is 0.336. The predicted molar refractivity (Wildman–Crippen MR) is 53.5 cm³/mol. The topological polar surface area (TPSA) is 0 Å². The van der Waals surface area contributed by atoms with Crippen molar-refractivity contribution in [2.45, 2.75) is 50.3 Å². The molecule has 12 heavy (non-hydrogen) atoms. The van der Waals surface area contributed by atoms with Crippen LogP contribution in [0.4, 0.5) is 0 Å². The van der Waals surface area contributed by atoms with E-state index in [1.807, 2.05) is 0 Å². The van der Waals surface area contributed by atoms with Crippen molar-refractivity contribution in [3.05, 3.63) is 11.6 Å². The molecule has 68 valence electrons. The lowest BCUT2D eigenvalue weighted by molar-refractivity contribution is 0.358. The van der Waals surface area contributed by atoms with E-state index in [0.717, 1.165) is 5.92 Å². The van der Waals surface area contributed by atoms with E-state index in [0.29, 0.717) is 5.38 Å². The first-order chi connectivity index (χ1) is 5.86. The van der Waals surface area contributed by atoms with Crippen LogP contribution in [0.1, 0.15) is 44.9 Å². The summed E-state index contributed by atoms with van der Waals surface area (Å²) < 4.78 is 0. The summed E-state index contributed by atoms with van der Waals surface area (Å²) in [6, 6.07) is 0. The Morgan fingerprint density at radius 1 is 1.08 bits per heavy atom. The zero-order valence-corrected chi connectivity index (χ0v) is 8.32. The Bertz CT molecular complexity index is 179. The van der Waals surface area contributed by atoms with E-state index in [2.05, 4.69) is 6.08 Å². The van der Waals surface area contributed by atoms with Crippen LogP contribution in [-0.2, 0) is 0 Å². The molecule has 2 rings (SSSR count). The molecule has 2 aliphatic carbocycles. The third kappa shape index (κ3) is 1.85. The molecule has 2 aliphatic rings. The number of hydrogen-bond donors (Lipinski definition) is 0. The molecule has 0 aromatic heterocycles. The van der Waals surface area contributed by atoms with Crippen LogP contribution >= 0.6 is 11.6 Å². The van der Waals surface area contributed by atoms with E-state index in [1.165, 1.54) is 44.9 Å². The Balaban J connectivity index is 1.99. The van der Waals surface area contributed by atoms with Crippen molar-refractivity contribution in [3.63, 3.8) is 0 Å². The molecule has 0 aromatic rings. The van der Waals surface area contributed by atoms with Gasteiger partial charge in [-0.25, -0.2) is 0 Å². The predicted octanol–water partition coefficient (Wildman–Crippen LogP) is 3.89. The van der Waals surface area contributed by atoms with Gasteiger partial charge >= 0.3 is 0 Å². The highest BCUT2D eigenvalue weighted by atomic mass is 35.5. The smallest absolute Gasteiger partial charge is 0.0518 e. The Labute approximate surface area is 80.0 Å². The zero-order valence-electron chi connectivity index (χ0n) is 7.56. The largest absolute Gasteiger partial charge is 0.118 e. The van der Waals surface area contributed by atoms with E-state index >= 15 is 0 Å². The molecule has 1 atom stereocenters. The van der Waals surface area contributed by atoms with Gasteiger partial charge in [-0.05, 0) is 38.0 Å². The molecule has 0 N–H and O–H groups in total. The molecule has 1 fully saturated rings. The number of rotatable bonds is 1. The van der Waals surface area contributed by atoms with Crippen LogP contribution in [0.5, 0.6) is 0 Å². The monoisotopic (exact) mass is 184 g/mol. The van der Waals surface area contributed by atoms with Gasteiger partial charge in [0.2, 0.25) is 0 Å². The average molecular weight is 185 g/mol. The Morgan fingerprint density at radius 2 is 1.92 bits per heavy atom. The highest BCUT2D eigenvalue weighted by Gasteiger charge is 2.23. The van der Waals surface area contributed by atoms with Gasteiger partial charge in [-0.2, -0.15) is 0 Å². The summed E-state index contributed by atoms with van der Waals surface area (Å²) in [5, 5.41) is 0.336. The summed E-state index contributed by atoms with van der Waals surface area (Å²) in [4.78, 5) is 0. The van der Waals surface area contributed by atoms with Gasteiger partial charge in [-0.15, -0.1) is 11.6 Å². The second-order valence-corrected chi connectivity index (χ2v) is 4.69. The third-order valence-corrected chi connectivity index (χ3v) is 3.56. The maximum atomic E-state index is 6.16. The highest BCUT2D eigenvalue weighted by molar-refractivity contribution is 6.21. The molecular weight excluding hydrogens is 168 g/mol. The van der Waals surface area contributed by atoms with Crippen LogP contribution in [0, 0.1) is 5.92 Å². The van der Waals surface area contributed by atoms with Crippen molar-refractivity contribution in [3.8, 4) is 0 Å². The van der Waals surface area contributed by atoms with Crippen LogP contribution < -0.4 is 0 Å². The fraction of sp³-hybridized carbons (Fsp3) is 0.818. The number of halogens is 1. The van der Waals surface area contributed by atoms with Crippen molar-refractivity contribution >= 4 is 11.6 Å².